The Morgan fingerprint density at radius 1 is 1.19 bits per heavy atom. The van der Waals surface area contributed by atoms with E-state index in [9.17, 15) is 4.79 Å². The number of rotatable bonds is 7. The molecule has 0 atom stereocenters. The van der Waals surface area contributed by atoms with E-state index in [-0.39, 0.29) is 6.61 Å². The number of carbonyl (C=O) groups excluding carboxylic acids is 1. The fourth-order valence-corrected chi connectivity index (χ4v) is 1.95. The summed E-state index contributed by atoms with van der Waals surface area (Å²) in [5.74, 6) is -0.0980. The number of ether oxygens (including phenoxy) is 1. The van der Waals surface area contributed by atoms with E-state index in [1.807, 2.05) is 36.4 Å². The number of hydrazine groups is 1. The third-order valence-corrected chi connectivity index (χ3v) is 2.96. The van der Waals surface area contributed by atoms with E-state index in [4.69, 9.17) is 22.1 Å². The molecule has 4 N–H and O–H groups in total. The van der Waals surface area contributed by atoms with Crippen LogP contribution in [0, 0.1) is 0 Å². The molecule has 0 heterocycles. The highest BCUT2D eigenvalue weighted by atomic mass is 35.5. The Morgan fingerprint density at radius 2 is 1.95 bits per heavy atom. The summed E-state index contributed by atoms with van der Waals surface area (Å²) in [6.07, 6.45) is 0. The normalized spacial score (nSPS) is 10.1. The van der Waals surface area contributed by atoms with Gasteiger partial charge in [-0.05, 0) is 29.8 Å². The highest BCUT2D eigenvalue weighted by molar-refractivity contribution is 6.32. The number of benzene rings is 2. The van der Waals surface area contributed by atoms with Crippen molar-refractivity contribution in [3.05, 3.63) is 59.1 Å². The monoisotopic (exact) mass is 305 g/mol. The predicted octanol–water partition coefficient (Wildman–Crippen LogP) is 2.32. The summed E-state index contributed by atoms with van der Waals surface area (Å²) < 4.78 is 5.18. The largest absolute Gasteiger partial charge is 0.482 e. The van der Waals surface area contributed by atoms with Crippen LogP contribution in [0.2, 0.25) is 5.02 Å². The number of carbonyl (C=O) groups is 1. The molecule has 2 aromatic rings. The summed E-state index contributed by atoms with van der Waals surface area (Å²) in [5.41, 5.74) is 13.1. The van der Waals surface area contributed by atoms with Gasteiger partial charge in [0.15, 0.2) is 6.61 Å². The Kier molecular flexibility index (Phi) is 5.43. The Hall–Kier alpha value is -2.24. The van der Waals surface area contributed by atoms with Gasteiger partial charge >= 0.3 is 0 Å². The van der Waals surface area contributed by atoms with Gasteiger partial charge < -0.3 is 15.9 Å². The van der Waals surface area contributed by atoms with Crippen LogP contribution in [0.25, 0.3) is 0 Å². The van der Waals surface area contributed by atoms with Gasteiger partial charge in [-0.2, -0.15) is 0 Å². The zero-order valence-corrected chi connectivity index (χ0v) is 12.1. The number of para-hydroxylation sites is 1. The fourth-order valence-electron chi connectivity index (χ4n) is 1.69. The average Bonchev–Trinajstić information content (AvgIpc) is 2.47. The second-order valence-corrected chi connectivity index (χ2v) is 4.77. The van der Waals surface area contributed by atoms with Gasteiger partial charge in [-0.3, -0.25) is 4.79 Å². The number of primary amides is 1. The summed E-state index contributed by atoms with van der Waals surface area (Å²) in [6, 6.07) is 15.1. The lowest BCUT2D eigenvalue weighted by atomic mass is 10.2. The number of hydrogen-bond acceptors (Lipinski definition) is 4. The lowest BCUT2D eigenvalue weighted by Gasteiger charge is -2.10. The van der Waals surface area contributed by atoms with Crippen LogP contribution >= 0.6 is 11.6 Å². The minimum Gasteiger partial charge on any atom is -0.482 e. The van der Waals surface area contributed by atoms with Crippen molar-refractivity contribution in [3.8, 4) is 5.75 Å². The number of hydrogen-bond donors (Lipinski definition) is 3. The Labute approximate surface area is 128 Å². The van der Waals surface area contributed by atoms with Gasteiger partial charge in [0.05, 0.1) is 5.02 Å². The lowest BCUT2D eigenvalue weighted by Crippen LogP contribution is -2.21. The Balaban J connectivity index is 1.86. The van der Waals surface area contributed by atoms with Crippen LogP contribution in [0.4, 0.5) is 5.69 Å². The molecule has 0 aliphatic heterocycles. The number of halogens is 1. The standard InChI is InChI=1S/C15H16ClN3O2/c16-13-8-11(6-7-14(13)21-10-15(17)20)9-18-19-12-4-2-1-3-5-12/h1-8,18-19H,9-10H2,(H2,17,20). The van der Waals surface area contributed by atoms with E-state index in [2.05, 4.69) is 10.9 Å². The third kappa shape index (κ3) is 4.98. The van der Waals surface area contributed by atoms with Gasteiger partial charge in [-0.15, -0.1) is 0 Å². The second-order valence-electron chi connectivity index (χ2n) is 4.36. The lowest BCUT2D eigenvalue weighted by molar-refractivity contribution is -0.119. The van der Waals surface area contributed by atoms with Crippen LogP contribution < -0.4 is 21.3 Å². The smallest absolute Gasteiger partial charge is 0.255 e. The summed E-state index contributed by atoms with van der Waals surface area (Å²) in [7, 11) is 0. The first-order valence-corrected chi connectivity index (χ1v) is 6.76. The molecular weight excluding hydrogens is 290 g/mol. The van der Waals surface area contributed by atoms with Crippen molar-refractivity contribution in [2.75, 3.05) is 12.0 Å². The van der Waals surface area contributed by atoms with E-state index in [0.717, 1.165) is 11.3 Å². The van der Waals surface area contributed by atoms with Crippen molar-refractivity contribution in [2.45, 2.75) is 6.54 Å². The molecule has 21 heavy (non-hydrogen) atoms. The van der Waals surface area contributed by atoms with Crippen LogP contribution in [0.5, 0.6) is 5.75 Å². The predicted molar refractivity (Wildman–Crippen MR) is 83.0 cm³/mol. The first kappa shape index (κ1) is 15.2. The minimum absolute atomic E-state index is 0.188. The van der Waals surface area contributed by atoms with Gasteiger partial charge in [0.1, 0.15) is 5.75 Å². The first-order chi connectivity index (χ1) is 10.1. The fraction of sp³-hybridized carbons (Fsp3) is 0.133. The van der Waals surface area contributed by atoms with Gasteiger partial charge in [-0.1, -0.05) is 35.9 Å². The second kappa shape index (κ2) is 7.52. The molecule has 0 radical (unpaired) electrons. The molecule has 110 valence electrons. The Bertz CT molecular complexity index is 605. The molecule has 0 aliphatic rings. The molecule has 0 aliphatic carbocycles. The van der Waals surface area contributed by atoms with Crippen LogP contribution in [0.15, 0.2) is 48.5 Å². The SMILES string of the molecule is NC(=O)COc1ccc(CNNc2ccccc2)cc1Cl. The van der Waals surface area contributed by atoms with E-state index < -0.39 is 5.91 Å². The summed E-state index contributed by atoms with van der Waals surface area (Å²) in [5, 5.41) is 0.440. The van der Waals surface area contributed by atoms with Gasteiger partial charge in [0.25, 0.3) is 5.91 Å². The van der Waals surface area contributed by atoms with E-state index >= 15 is 0 Å². The average molecular weight is 306 g/mol. The van der Waals surface area contributed by atoms with Crippen molar-refractivity contribution < 1.29 is 9.53 Å². The number of nitrogens with one attached hydrogen (secondary N) is 2. The number of amides is 1. The molecule has 0 saturated carbocycles. The molecule has 6 heteroatoms. The quantitative estimate of drug-likeness (QED) is 0.686. The molecule has 0 aromatic heterocycles. The van der Waals surface area contributed by atoms with Crippen molar-refractivity contribution in [3.63, 3.8) is 0 Å². The van der Waals surface area contributed by atoms with Crippen LogP contribution in [0.3, 0.4) is 0 Å². The molecule has 5 nitrogen and oxygen atoms in total. The molecule has 0 bridgehead atoms. The van der Waals surface area contributed by atoms with Crippen molar-refractivity contribution in [1.82, 2.24) is 5.43 Å². The minimum atomic E-state index is -0.538. The molecule has 0 fully saturated rings. The number of nitrogens with two attached hydrogens (primary N) is 1. The van der Waals surface area contributed by atoms with Crippen LogP contribution in [0.1, 0.15) is 5.56 Å². The van der Waals surface area contributed by atoms with E-state index in [0.29, 0.717) is 17.3 Å². The maximum Gasteiger partial charge on any atom is 0.255 e. The zero-order chi connectivity index (χ0) is 15.1. The van der Waals surface area contributed by atoms with Crippen molar-refractivity contribution in [1.29, 1.82) is 0 Å². The maximum atomic E-state index is 10.7. The van der Waals surface area contributed by atoms with Gasteiger partial charge in [0.2, 0.25) is 0 Å². The third-order valence-electron chi connectivity index (χ3n) is 2.67. The molecule has 0 spiro atoms. The van der Waals surface area contributed by atoms with Crippen molar-refractivity contribution >= 4 is 23.2 Å². The topological polar surface area (TPSA) is 76.4 Å². The molecule has 0 saturated heterocycles. The summed E-state index contributed by atoms with van der Waals surface area (Å²) in [6.45, 7) is 0.400. The first-order valence-electron chi connectivity index (χ1n) is 6.38. The number of anilines is 1. The van der Waals surface area contributed by atoms with Crippen molar-refractivity contribution in [2.24, 2.45) is 5.73 Å². The van der Waals surface area contributed by atoms with Crippen LogP contribution in [-0.2, 0) is 11.3 Å². The van der Waals surface area contributed by atoms with E-state index in [1.165, 1.54) is 0 Å². The molecule has 1 amide bonds. The summed E-state index contributed by atoms with van der Waals surface area (Å²) >= 11 is 6.08. The highest BCUT2D eigenvalue weighted by Gasteiger charge is 2.04. The highest BCUT2D eigenvalue weighted by Crippen LogP contribution is 2.25. The molecule has 2 rings (SSSR count). The van der Waals surface area contributed by atoms with Gasteiger partial charge in [0, 0.05) is 12.2 Å². The summed E-state index contributed by atoms with van der Waals surface area (Å²) in [4.78, 5) is 10.7. The van der Waals surface area contributed by atoms with Gasteiger partial charge in [-0.25, -0.2) is 5.43 Å². The molecule has 0 unspecified atom stereocenters. The maximum absolute atomic E-state index is 10.7. The molecular formula is C15H16ClN3O2. The van der Waals surface area contributed by atoms with Crippen LogP contribution in [-0.4, -0.2) is 12.5 Å². The molecule has 2 aromatic carbocycles. The zero-order valence-electron chi connectivity index (χ0n) is 11.3. The Morgan fingerprint density at radius 3 is 2.62 bits per heavy atom. The van der Waals surface area contributed by atoms with E-state index in [1.54, 1.807) is 12.1 Å².